The lowest BCUT2D eigenvalue weighted by atomic mass is 10.00. The number of methoxy groups -OCH3 is 3. The summed E-state index contributed by atoms with van der Waals surface area (Å²) in [4.78, 5) is 29.7. The van der Waals surface area contributed by atoms with Gasteiger partial charge in [-0.3, -0.25) is 9.59 Å². The van der Waals surface area contributed by atoms with E-state index < -0.39 is 18.3 Å². The Balaban J connectivity index is 2.38. The molecule has 1 aliphatic rings. The SMILES string of the molecule is COc1ccc(/C=C/C(=O)N2CCCCOC[C@@H](O)[C@@H](O)[C@H](OC)CN(C(C)=O)C[C@@H]2CC(C)C)cc1OC. The van der Waals surface area contributed by atoms with E-state index in [-0.39, 0.29) is 43.5 Å². The molecule has 1 aromatic carbocycles. The van der Waals surface area contributed by atoms with Crippen molar-refractivity contribution in [1.29, 1.82) is 0 Å². The van der Waals surface area contributed by atoms with E-state index in [9.17, 15) is 19.8 Å². The summed E-state index contributed by atoms with van der Waals surface area (Å²) in [5, 5.41) is 21.0. The Morgan fingerprint density at radius 2 is 1.82 bits per heavy atom. The van der Waals surface area contributed by atoms with E-state index in [0.29, 0.717) is 43.9 Å². The second-order valence-electron chi connectivity index (χ2n) is 10.3. The zero-order valence-electron chi connectivity index (χ0n) is 24.2. The van der Waals surface area contributed by atoms with Gasteiger partial charge in [-0.05, 0) is 49.0 Å². The van der Waals surface area contributed by atoms with Crippen molar-refractivity contribution < 1.29 is 38.7 Å². The summed E-state index contributed by atoms with van der Waals surface area (Å²) in [6.45, 7) is 6.80. The van der Waals surface area contributed by atoms with Crippen molar-refractivity contribution in [1.82, 2.24) is 9.80 Å². The molecule has 220 valence electrons. The largest absolute Gasteiger partial charge is 0.493 e. The lowest BCUT2D eigenvalue weighted by Gasteiger charge is -2.38. The lowest BCUT2D eigenvalue weighted by molar-refractivity contribution is -0.140. The normalized spacial score (nSPS) is 24.0. The van der Waals surface area contributed by atoms with Crippen LogP contribution in [0, 0.1) is 5.92 Å². The molecule has 10 nitrogen and oxygen atoms in total. The van der Waals surface area contributed by atoms with Crippen molar-refractivity contribution in [2.45, 2.75) is 64.4 Å². The van der Waals surface area contributed by atoms with Crippen LogP contribution in [0.3, 0.4) is 0 Å². The Labute approximate surface area is 232 Å². The minimum absolute atomic E-state index is 0.0478. The molecule has 2 N–H and O–H groups in total. The van der Waals surface area contributed by atoms with Crippen LogP contribution in [-0.2, 0) is 19.1 Å². The molecule has 0 saturated carbocycles. The summed E-state index contributed by atoms with van der Waals surface area (Å²) >= 11 is 0. The fourth-order valence-corrected chi connectivity index (χ4v) is 4.70. The number of carbonyl (C=O) groups excluding carboxylic acids is 2. The molecule has 39 heavy (non-hydrogen) atoms. The first-order chi connectivity index (χ1) is 18.6. The lowest BCUT2D eigenvalue weighted by Crippen LogP contribution is -2.53. The third-order valence-corrected chi connectivity index (χ3v) is 6.87. The Hall–Kier alpha value is -2.66. The average Bonchev–Trinajstić information content (AvgIpc) is 2.91. The quantitative estimate of drug-likeness (QED) is 0.497. The number of benzene rings is 1. The zero-order valence-corrected chi connectivity index (χ0v) is 24.2. The maximum Gasteiger partial charge on any atom is 0.246 e. The maximum absolute atomic E-state index is 13.6. The van der Waals surface area contributed by atoms with E-state index in [4.69, 9.17) is 18.9 Å². The Bertz CT molecular complexity index is 938. The molecular formula is C29H46N2O8. The van der Waals surface area contributed by atoms with Gasteiger partial charge in [0.2, 0.25) is 11.8 Å². The molecule has 4 atom stereocenters. The van der Waals surface area contributed by atoms with E-state index in [1.54, 1.807) is 43.4 Å². The molecule has 2 rings (SSSR count). The predicted molar refractivity (Wildman–Crippen MR) is 149 cm³/mol. The van der Waals surface area contributed by atoms with Crippen LogP contribution in [0.2, 0.25) is 0 Å². The molecule has 0 aromatic heterocycles. The van der Waals surface area contributed by atoms with Crippen LogP contribution in [-0.4, -0.2) is 110 Å². The van der Waals surface area contributed by atoms with Crippen molar-refractivity contribution >= 4 is 17.9 Å². The van der Waals surface area contributed by atoms with Gasteiger partial charge in [0.1, 0.15) is 18.3 Å². The first kappa shape index (κ1) is 32.6. The van der Waals surface area contributed by atoms with E-state index in [2.05, 4.69) is 13.8 Å². The molecular weight excluding hydrogens is 504 g/mol. The molecule has 0 aliphatic carbocycles. The first-order valence-corrected chi connectivity index (χ1v) is 13.5. The Morgan fingerprint density at radius 3 is 2.44 bits per heavy atom. The summed E-state index contributed by atoms with van der Waals surface area (Å²) in [5.41, 5.74) is 0.790. The van der Waals surface area contributed by atoms with Gasteiger partial charge in [0.15, 0.2) is 11.5 Å². The van der Waals surface area contributed by atoms with Crippen molar-refractivity contribution in [3.8, 4) is 11.5 Å². The van der Waals surface area contributed by atoms with Gasteiger partial charge in [0, 0.05) is 52.4 Å². The number of nitrogens with zero attached hydrogens (tertiary/aromatic N) is 2. The molecule has 0 spiro atoms. The number of rotatable bonds is 7. The van der Waals surface area contributed by atoms with Crippen LogP contribution in [0.25, 0.3) is 6.08 Å². The van der Waals surface area contributed by atoms with Crippen LogP contribution in [0.1, 0.15) is 45.6 Å². The van der Waals surface area contributed by atoms with Crippen molar-refractivity contribution in [2.24, 2.45) is 5.92 Å². The van der Waals surface area contributed by atoms with E-state index in [1.807, 2.05) is 11.0 Å². The summed E-state index contributed by atoms with van der Waals surface area (Å²) in [5.74, 6) is 1.07. The summed E-state index contributed by atoms with van der Waals surface area (Å²) < 4.78 is 21.7. The van der Waals surface area contributed by atoms with Crippen molar-refractivity contribution in [3.05, 3.63) is 29.8 Å². The Morgan fingerprint density at radius 1 is 1.10 bits per heavy atom. The molecule has 0 bridgehead atoms. The van der Waals surface area contributed by atoms with Gasteiger partial charge in [0.05, 0.1) is 20.8 Å². The summed E-state index contributed by atoms with van der Waals surface area (Å²) in [7, 11) is 4.56. The second-order valence-corrected chi connectivity index (χ2v) is 10.3. The van der Waals surface area contributed by atoms with Gasteiger partial charge >= 0.3 is 0 Å². The van der Waals surface area contributed by atoms with Crippen molar-refractivity contribution in [2.75, 3.05) is 54.2 Å². The molecule has 0 radical (unpaired) electrons. The first-order valence-electron chi connectivity index (χ1n) is 13.5. The number of ether oxygens (including phenoxy) is 4. The highest BCUT2D eigenvalue weighted by Crippen LogP contribution is 2.28. The van der Waals surface area contributed by atoms with Gasteiger partial charge in [-0.15, -0.1) is 0 Å². The van der Waals surface area contributed by atoms with E-state index in [1.165, 1.54) is 14.0 Å². The van der Waals surface area contributed by atoms with Gasteiger partial charge in [-0.1, -0.05) is 19.9 Å². The standard InChI is InChI=1S/C29H46N2O8/c1-20(2)15-23-17-30(21(3)32)18-27(38-6)29(35)24(33)19-39-14-8-7-13-31(23)28(34)12-10-22-9-11-25(36-4)26(16-22)37-5/h9-12,16,20,23-24,27,29,33,35H,7-8,13-15,17-19H2,1-6H3/b12-10+/t23-,24+,27+,29+/m0/s1. The van der Waals surface area contributed by atoms with Gasteiger partial charge in [0.25, 0.3) is 0 Å². The van der Waals surface area contributed by atoms with E-state index >= 15 is 0 Å². The van der Waals surface area contributed by atoms with Crippen LogP contribution in [0.5, 0.6) is 11.5 Å². The number of hydrogen-bond acceptors (Lipinski definition) is 8. The van der Waals surface area contributed by atoms with Gasteiger partial charge in [-0.25, -0.2) is 0 Å². The molecule has 1 aliphatic heterocycles. The van der Waals surface area contributed by atoms with Gasteiger partial charge in [-0.2, -0.15) is 0 Å². The van der Waals surface area contributed by atoms with Crippen LogP contribution < -0.4 is 9.47 Å². The molecule has 0 unspecified atom stereocenters. The van der Waals surface area contributed by atoms with Crippen molar-refractivity contribution in [3.63, 3.8) is 0 Å². The molecule has 1 aromatic rings. The van der Waals surface area contributed by atoms with Gasteiger partial charge < -0.3 is 39.0 Å². The molecule has 1 fully saturated rings. The second kappa shape index (κ2) is 16.4. The molecule has 10 heteroatoms. The highest BCUT2D eigenvalue weighted by atomic mass is 16.5. The summed E-state index contributed by atoms with van der Waals surface area (Å²) in [6, 6.07) is 5.17. The topological polar surface area (TPSA) is 118 Å². The van der Waals surface area contributed by atoms with Crippen LogP contribution in [0.15, 0.2) is 24.3 Å². The maximum atomic E-state index is 13.6. The monoisotopic (exact) mass is 550 g/mol. The third-order valence-electron chi connectivity index (χ3n) is 6.87. The smallest absolute Gasteiger partial charge is 0.246 e. The number of carbonyl (C=O) groups is 2. The molecule has 2 amide bonds. The highest BCUT2D eigenvalue weighted by molar-refractivity contribution is 5.92. The number of amides is 2. The molecule has 1 saturated heterocycles. The number of hydrogen-bond donors (Lipinski definition) is 2. The minimum atomic E-state index is -1.23. The molecule has 1 heterocycles. The Kier molecular flexibility index (Phi) is 13.7. The summed E-state index contributed by atoms with van der Waals surface area (Å²) in [6.07, 6.45) is 2.14. The average molecular weight is 551 g/mol. The van der Waals surface area contributed by atoms with E-state index in [0.717, 1.165) is 5.56 Å². The fourth-order valence-electron chi connectivity index (χ4n) is 4.70. The number of aliphatic hydroxyl groups excluding tert-OH is 2. The number of aliphatic hydroxyl groups is 2. The third kappa shape index (κ3) is 10.1. The minimum Gasteiger partial charge on any atom is -0.493 e. The van der Waals surface area contributed by atoms with Crippen LogP contribution >= 0.6 is 0 Å². The predicted octanol–water partition coefficient (Wildman–Crippen LogP) is 2.36. The zero-order chi connectivity index (χ0) is 28.9. The highest BCUT2D eigenvalue weighted by Gasteiger charge is 2.32. The fraction of sp³-hybridized carbons (Fsp3) is 0.655. The van der Waals surface area contributed by atoms with Crippen LogP contribution in [0.4, 0.5) is 0 Å².